The highest BCUT2D eigenvalue weighted by molar-refractivity contribution is 5.96. The molecular weight excluding hydrogens is 246 g/mol. The van der Waals surface area contributed by atoms with Crippen LogP contribution in [0.3, 0.4) is 0 Å². The molecule has 0 aromatic heterocycles. The third kappa shape index (κ3) is 4.16. The number of nitrogens with two attached hydrogens (primary N) is 1. The van der Waals surface area contributed by atoms with Gasteiger partial charge in [0.25, 0.3) is 5.91 Å². The Hall–Kier alpha value is -2.81. The van der Waals surface area contributed by atoms with Crippen LogP contribution in [0.5, 0.6) is 0 Å². The van der Waals surface area contributed by atoms with Gasteiger partial charge in [-0.05, 0) is 31.2 Å². The molecule has 0 aliphatic heterocycles. The zero-order chi connectivity index (χ0) is 14.3. The Morgan fingerprint density at radius 2 is 2.05 bits per heavy atom. The second-order valence-electron chi connectivity index (χ2n) is 3.48. The van der Waals surface area contributed by atoms with Crippen LogP contribution >= 0.6 is 0 Å². The van der Waals surface area contributed by atoms with E-state index in [0.29, 0.717) is 17.9 Å². The van der Waals surface area contributed by atoms with Crippen LogP contribution in [0.25, 0.3) is 0 Å². The highest BCUT2D eigenvalue weighted by Crippen LogP contribution is 2.11. The van der Waals surface area contributed by atoms with Crippen LogP contribution < -0.4 is 11.1 Å². The first kappa shape index (κ1) is 14.3. The van der Waals surface area contributed by atoms with Gasteiger partial charge in [0.05, 0.1) is 12.2 Å². The lowest BCUT2D eigenvalue weighted by molar-refractivity contribution is -0.114. The summed E-state index contributed by atoms with van der Waals surface area (Å²) in [5.41, 5.74) is 5.83. The largest absolute Gasteiger partial charge is 0.462 e. The molecule has 98 valence electrons. The number of hydrogen-bond acceptors (Lipinski definition) is 5. The molecule has 0 heterocycles. The predicted octanol–water partition coefficient (Wildman–Crippen LogP) is 1.17. The molecule has 0 aliphatic rings. The van der Waals surface area contributed by atoms with E-state index in [1.165, 1.54) is 6.20 Å². The van der Waals surface area contributed by atoms with E-state index in [0.717, 1.165) is 0 Å². The van der Waals surface area contributed by atoms with E-state index in [1.54, 1.807) is 37.3 Å². The Kier molecular flexibility index (Phi) is 5.11. The van der Waals surface area contributed by atoms with Crippen LogP contribution in [0, 0.1) is 11.3 Å². The third-order valence-electron chi connectivity index (χ3n) is 2.17. The number of primary amides is 1. The summed E-state index contributed by atoms with van der Waals surface area (Å²) < 4.78 is 4.84. The van der Waals surface area contributed by atoms with Crippen molar-refractivity contribution in [3.05, 3.63) is 41.6 Å². The minimum atomic E-state index is -0.807. The van der Waals surface area contributed by atoms with Crippen molar-refractivity contribution in [3.63, 3.8) is 0 Å². The number of nitriles is 1. The van der Waals surface area contributed by atoms with Crippen LogP contribution in [0.15, 0.2) is 36.0 Å². The number of hydrogen-bond donors (Lipinski definition) is 2. The van der Waals surface area contributed by atoms with Crippen molar-refractivity contribution in [1.29, 1.82) is 5.26 Å². The molecule has 0 fully saturated rings. The molecule has 3 N–H and O–H groups in total. The third-order valence-corrected chi connectivity index (χ3v) is 2.17. The summed E-state index contributed by atoms with van der Waals surface area (Å²) in [5, 5.41) is 11.4. The average Bonchev–Trinajstić information content (AvgIpc) is 2.40. The van der Waals surface area contributed by atoms with Gasteiger partial charge in [-0.25, -0.2) is 4.79 Å². The molecule has 1 rings (SSSR count). The molecule has 1 aromatic rings. The summed E-state index contributed by atoms with van der Waals surface area (Å²) in [7, 11) is 0. The Morgan fingerprint density at radius 3 is 2.53 bits per heavy atom. The van der Waals surface area contributed by atoms with Crippen LogP contribution in [0.2, 0.25) is 0 Å². The SMILES string of the molecule is CCOC(=O)c1ccc(N/C=C(\C#N)C(N)=O)cc1. The van der Waals surface area contributed by atoms with Crippen LogP contribution in [0.4, 0.5) is 5.69 Å². The maximum atomic E-state index is 11.4. The van der Waals surface area contributed by atoms with E-state index >= 15 is 0 Å². The quantitative estimate of drug-likeness (QED) is 0.469. The minimum Gasteiger partial charge on any atom is -0.462 e. The smallest absolute Gasteiger partial charge is 0.338 e. The number of carbonyl (C=O) groups excluding carboxylic acids is 2. The van der Waals surface area contributed by atoms with Crippen molar-refractivity contribution in [1.82, 2.24) is 0 Å². The number of esters is 1. The summed E-state index contributed by atoms with van der Waals surface area (Å²) in [4.78, 5) is 22.2. The number of anilines is 1. The summed E-state index contributed by atoms with van der Waals surface area (Å²) in [5.74, 6) is -1.21. The molecule has 6 nitrogen and oxygen atoms in total. The standard InChI is InChI=1S/C13H13N3O3/c1-2-19-13(18)9-3-5-11(6-4-9)16-8-10(7-14)12(15)17/h3-6,8,16H,2H2,1H3,(H2,15,17)/b10-8+. The van der Waals surface area contributed by atoms with Gasteiger partial charge in [-0.2, -0.15) is 5.26 Å². The van der Waals surface area contributed by atoms with Crippen molar-refractivity contribution in [2.24, 2.45) is 5.73 Å². The second kappa shape index (κ2) is 6.81. The molecule has 19 heavy (non-hydrogen) atoms. The van der Waals surface area contributed by atoms with Gasteiger partial charge in [0.1, 0.15) is 11.6 Å². The van der Waals surface area contributed by atoms with Gasteiger partial charge in [0.2, 0.25) is 0 Å². The maximum Gasteiger partial charge on any atom is 0.338 e. The first-order valence-corrected chi connectivity index (χ1v) is 5.52. The molecule has 1 amide bonds. The summed E-state index contributed by atoms with van der Waals surface area (Å²) in [6.45, 7) is 2.04. The highest BCUT2D eigenvalue weighted by Gasteiger charge is 2.06. The first-order valence-electron chi connectivity index (χ1n) is 5.52. The Balaban J connectivity index is 2.75. The van der Waals surface area contributed by atoms with Crippen LogP contribution in [-0.2, 0) is 9.53 Å². The lowest BCUT2D eigenvalue weighted by atomic mass is 10.2. The van der Waals surface area contributed by atoms with E-state index in [1.807, 2.05) is 0 Å². The fourth-order valence-corrected chi connectivity index (χ4v) is 1.23. The van der Waals surface area contributed by atoms with Gasteiger partial charge in [0.15, 0.2) is 0 Å². The molecule has 1 aromatic carbocycles. The Bertz CT molecular complexity index is 541. The minimum absolute atomic E-state index is 0.186. The monoisotopic (exact) mass is 259 g/mol. The van der Waals surface area contributed by atoms with E-state index in [-0.39, 0.29) is 5.57 Å². The molecule has 0 saturated carbocycles. The number of nitrogens with zero attached hydrogens (tertiary/aromatic N) is 1. The summed E-state index contributed by atoms with van der Waals surface area (Å²) >= 11 is 0. The molecule has 0 unspecified atom stereocenters. The molecule has 0 atom stereocenters. The molecule has 0 bridgehead atoms. The summed E-state index contributed by atoms with van der Waals surface area (Å²) in [6, 6.07) is 8.06. The molecule has 0 spiro atoms. The Morgan fingerprint density at radius 1 is 1.42 bits per heavy atom. The molecule has 0 aliphatic carbocycles. The van der Waals surface area contributed by atoms with Crippen molar-refractivity contribution < 1.29 is 14.3 Å². The molecule has 0 radical (unpaired) electrons. The number of benzene rings is 1. The number of ether oxygens (including phenoxy) is 1. The van der Waals surface area contributed by atoms with Crippen LogP contribution in [-0.4, -0.2) is 18.5 Å². The van der Waals surface area contributed by atoms with E-state index in [9.17, 15) is 9.59 Å². The van der Waals surface area contributed by atoms with Gasteiger partial charge in [-0.3, -0.25) is 4.79 Å². The highest BCUT2D eigenvalue weighted by atomic mass is 16.5. The van der Waals surface area contributed by atoms with E-state index in [4.69, 9.17) is 15.7 Å². The number of nitrogens with one attached hydrogen (secondary N) is 1. The lowest BCUT2D eigenvalue weighted by Gasteiger charge is -2.04. The van der Waals surface area contributed by atoms with Gasteiger partial charge >= 0.3 is 5.97 Å². The maximum absolute atomic E-state index is 11.4. The normalized spacial score (nSPS) is 10.4. The molecule has 6 heteroatoms. The fourth-order valence-electron chi connectivity index (χ4n) is 1.23. The zero-order valence-corrected chi connectivity index (χ0v) is 10.3. The Labute approximate surface area is 110 Å². The van der Waals surface area contributed by atoms with Crippen molar-refractivity contribution in [2.45, 2.75) is 6.92 Å². The lowest BCUT2D eigenvalue weighted by Crippen LogP contribution is -2.13. The average molecular weight is 259 g/mol. The van der Waals surface area contributed by atoms with Gasteiger partial charge < -0.3 is 15.8 Å². The molecule has 0 saturated heterocycles. The second-order valence-corrected chi connectivity index (χ2v) is 3.48. The first-order chi connectivity index (χ1) is 9.08. The summed E-state index contributed by atoms with van der Waals surface area (Å²) in [6.07, 6.45) is 1.21. The topological polar surface area (TPSA) is 105 Å². The number of rotatable bonds is 5. The zero-order valence-electron chi connectivity index (χ0n) is 10.3. The van der Waals surface area contributed by atoms with Crippen molar-refractivity contribution in [3.8, 4) is 6.07 Å². The predicted molar refractivity (Wildman–Crippen MR) is 68.9 cm³/mol. The van der Waals surface area contributed by atoms with E-state index in [2.05, 4.69) is 5.32 Å². The van der Waals surface area contributed by atoms with E-state index < -0.39 is 11.9 Å². The van der Waals surface area contributed by atoms with Crippen molar-refractivity contribution in [2.75, 3.05) is 11.9 Å². The molecular formula is C13H13N3O3. The van der Waals surface area contributed by atoms with Crippen LogP contribution in [0.1, 0.15) is 17.3 Å². The number of carbonyl (C=O) groups is 2. The fraction of sp³-hybridized carbons (Fsp3) is 0.154. The number of amides is 1. The van der Waals surface area contributed by atoms with Gasteiger partial charge in [-0.15, -0.1) is 0 Å². The van der Waals surface area contributed by atoms with Gasteiger partial charge in [0, 0.05) is 11.9 Å². The van der Waals surface area contributed by atoms with Crippen molar-refractivity contribution >= 4 is 17.6 Å². The van der Waals surface area contributed by atoms with Gasteiger partial charge in [-0.1, -0.05) is 0 Å².